The third-order valence-electron chi connectivity index (χ3n) is 5.08. The quantitative estimate of drug-likeness (QED) is 0.845. The molecule has 0 fully saturated rings. The minimum absolute atomic E-state index is 0.0880. The van der Waals surface area contributed by atoms with Crippen molar-refractivity contribution in [2.75, 3.05) is 20.3 Å². The lowest BCUT2D eigenvalue weighted by atomic mass is 9.95. The summed E-state index contributed by atoms with van der Waals surface area (Å²) in [5.74, 6) is 0.614. The molecule has 0 saturated heterocycles. The molecule has 1 atom stereocenters. The van der Waals surface area contributed by atoms with Gasteiger partial charge in [-0.05, 0) is 29.7 Å². The van der Waals surface area contributed by atoms with Gasteiger partial charge in [-0.2, -0.15) is 4.31 Å². The van der Waals surface area contributed by atoms with Crippen molar-refractivity contribution >= 4 is 15.9 Å². The van der Waals surface area contributed by atoms with Crippen LogP contribution in [-0.2, 0) is 27.8 Å². The Morgan fingerprint density at radius 2 is 1.79 bits per heavy atom. The number of carbonyl (C=O) groups is 1. The second kappa shape index (κ2) is 7.44. The molecule has 0 aromatic heterocycles. The van der Waals surface area contributed by atoms with Gasteiger partial charge in [0.1, 0.15) is 6.04 Å². The Labute approximate surface area is 164 Å². The van der Waals surface area contributed by atoms with E-state index < -0.39 is 16.1 Å². The lowest BCUT2D eigenvalue weighted by molar-refractivity contribution is -0.124. The summed E-state index contributed by atoms with van der Waals surface area (Å²) in [5.41, 5.74) is 1.89. The predicted octanol–water partition coefficient (Wildman–Crippen LogP) is 1.71. The van der Waals surface area contributed by atoms with Gasteiger partial charge in [0.2, 0.25) is 15.9 Å². The van der Waals surface area contributed by atoms with Crippen LogP contribution in [0.5, 0.6) is 11.5 Å². The average molecular weight is 402 g/mol. The van der Waals surface area contributed by atoms with Crippen molar-refractivity contribution in [3.05, 3.63) is 53.6 Å². The van der Waals surface area contributed by atoms with E-state index in [0.29, 0.717) is 31.1 Å². The van der Waals surface area contributed by atoms with Gasteiger partial charge in [0.15, 0.2) is 11.5 Å². The van der Waals surface area contributed by atoms with Gasteiger partial charge in [0.25, 0.3) is 0 Å². The van der Waals surface area contributed by atoms with Crippen LogP contribution >= 0.6 is 0 Å². The molecule has 0 spiro atoms. The van der Waals surface area contributed by atoms with Crippen LogP contribution in [0.4, 0.5) is 0 Å². The van der Waals surface area contributed by atoms with E-state index in [4.69, 9.17) is 9.47 Å². The van der Waals surface area contributed by atoms with Crippen LogP contribution in [0.2, 0.25) is 0 Å². The molecular weight excluding hydrogens is 380 g/mol. The van der Waals surface area contributed by atoms with Crippen LogP contribution < -0.4 is 14.8 Å². The monoisotopic (exact) mass is 402 g/mol. The van der Waals surface area contributed by atoms with Crippen molar-refractivity contribution in [2.45, 2.75) is 30.3 Å². The fourth-order valence-electron chi connectivity index (χ4n) is 3.58. The number of rotatable bonds is 3. The second-order valence-electron chi connectivity index (χ2n) is 6.81. The maximum absolute atomic E-state index is 13.4. The molecule has 148 valence electrons. The van der Waals surface area contributed by atoms with Crippen LogP contribution in [0.1, 0.15) is 17.5 Å². The number of nitrogens with one attached hydrogen (secondary N) is 1. The highest BCUT2D eigenvalue weighted by atomic mass is 32.2. The normalized spacial score (nSPS) is 19.4. The number of nitrogens with zero attached hydrogens (tertiary/aromatic N) is 1. The Bertz CT molecular complexity index is 1010. The number of sulfonamides is 1. The molecule has 0 radical (unpaired) electrons. The number of carbonyl (C=O) groups excluding carboxylic acids is 1. The molecule has 0 saturated carbocycles. The maximum Gasteiger partial charge on any atom is 0.244 e. The summed E-state index contributed by atoms with van der Waals surface area (Å²) >= 11 is 0. The molecule has 2 aromatic carbocycles. The summed E-state index contributed by atoms with van der Waals surface area (Å²) in [6.45, 7) is 1.14. The van der Waals surface area contributed by atoms with Gasteiger partial charge in [-0.15, -0.1) is 0 Å². The molecule has 1 amide bonds. The standard InChI is InChI=1S/C20H22N2O5S/c1-21-20(23)17-11-14-5-2-3-6-15(14)13-22(17)28(24,25)16-7-8-18-19(12-16)27-10-4-9-26-18/h2-3,5-8,12,17H,4,9-11,13H2,1H3,(H,21,23)/t17-/m1/s1. The molecule has 2 aliphatic rings. The molecule has 0 unspecified atom stereocenters. The predicted molar refractivity (Wildman–Crippen MR) is 103 cm³/mol. The first kappa shape index (κ1) is 18.8. The molecule has 28 heavy (non-hydrogen) atoms. The number of fused-ring (bicyclic) bond motifs is 2. The van der Waals surface area contributed by atoms with Crippen molar-refractivity contribution < 1.29 is 22.7 Å². The minimum Gasteiger partial charge on any atom is -0.490 e. The first-order valence-corrected chi connectivity index (χ1v) is 10.6. The number of amides is 1. The fraction of sp³-hybridized carbons (Fsp3) is 0.350. The number of likely N-dealkylation sites (N-methyl/N-ethyl adjacent to an activating group) is 1. The number of hydrogen-bond donors (Lipinski definition) is 1. The Morgan fingerprint density at radius 3 is 2.54 bits per heavy atom. The van der Waals surface area contributed by atoms with Crippen molar-refractivity contribution in [1.82, 2.24) is 9.62 Å². The molecule has 1 N–H and O–H groups in total. The molecule has 4 rings (SSSR count). The number of benzene rings is 2. The Balaban J connectivity index is 1.74. The second-order valence-corrected chi connectivity index (χ2v) is 8.70. The van der Waals surface area contributed by atoms with E-state index in [1.54, 1.807) is 6.07 Å². The zero-order valence-corrected chi connectivity index (χ0v) is 16.4. The molecule has 2 aromatic rings. The first-order valence-electron chi connectivity index (χ1n) is 9.20. The molecule has 0 bridgehead atoms. The minimum atomic E-state index is -3.92. The highest BCUT2D eigenvalue weighted by molar-refractivity contribution is 7.89. The zero-order chi connectivity index (χ0) is 19.7. The van der Waals surface area contributed by atoms with Gasteiger partial charge >= 0.3 is 0 Å². The highest BCUT2D eigenvalue weighted by Gasteiger charge is 2.39. The van der Waals surface area contributed by atoms with Crippen molar-refractivity contribution in [3.63, 3.8) is 0 Å². The van der Waals surface area contributed by atoms with Crippen LogP contribution in [0.25, 0.3) is 0 Å². The summed E-state index contributed by atoms with van der Waals surface area (Å²) in [4.78, 5) is 12.6. The summed E-state index contributed by atoms with van der Waals surface area (Å²) in [7, 11) is -2.40. The summed E-state index contributed by atoms with van der Waals surface area (Å²) < 4.78 is 39.4. The third kappa shape index (κ3) is 3.33. The van der Waals surface area contributed by atoms with E-state index in [9.17, 15) is 13.2 Å². The SMILES string of the molecule is CNC(=O)[C@H]1Cc2ccccc2CN1S(=O)(=O)c1ccc2c(c1)OCCCO2. The molecule has 0 aliphatic carbocycles. The fourth-order valence-corrected chi connectivity index (χ4v) is 5.16. The van der Waals surface area contributed by atoms with E-state index >= 15 is 0 Å². The summed E-state index contributed by atoms with van der Waals surface area (Å²) in [6.07, 6.45) is 1.07. The van der Waals surface area contributed by atoms with Crippen LogP contribution in [0.15, 0.2) is 47.4 Å². The van der Waals surface area contributed by atoms with Gasteiger partial charge in [0.05, 0.1) is 18.1 Å². The van der Waals surface area contributed by atoms with E-state index in [1.165, 1.54) is 23.5 Å². The van der Waals surface area contributed by atoms with Gasteiger partial charge < -0.3 is 14.8 Å². The van der Waals surface area contributed by atoms with Crippen molar-refractivity contribution in [2.24, 2.45) is 0 Å². The lowest BCUT2D eigenvalue weighted by Crippen LogP contribution is -2.51. The number of hydrogen-bond acceptors (Lipinski definition) is 5. The number of ether oxygens (including phenoxy) is 2. The lowest BCUT2D eigenvalue weighted by Gasteiger charge is -2.34. The van der Waals surface area contributed by atoms with Gasteiger partial charge in [-0.3, -0.25) is 4.79 Å². The Morgan fingerprint density at radius 1 is 1.07 bits per heavy atom. The van der Waals surface area contributed by atoms with Gasteiger partial charge in [0, 0.05) is 26.1 Å². The smallest absolute Gasteiger partial charge is 0.244 e. The highest BCUT2D eigenvalue weighted by Crippen LogP contribution is 2.35. The first-order chi connectivity index (χ1) is 13.5. The van der Waals surface area contributed by atoms with Crippen LogP contribution in [-0.4, -0.2) is 44.9 Å². The summed E-state index contributed by atoms with van der Waals surface area (Å²) in [5, 5.41) is 2.59. The summed E-state index contributed by atoms with van der Waals surface area (Å²) in [6, 6.07) is 11.4. The maximum atomic E-state index is 13.4. The van der Waals surface area contributed by atoms with Crippen LogP contribution in [0.3, 0.4) is 0 Å². The molecule has 2 heterocycles. The zero-order valence-electron chi connectivity index (χ0n) is 15.6. The van der Waals surface area contributed by atoms with Crippen LogP contribution in [0, 0.1) is 0 Å². The molecule has 7 nitrogen and oxygen atoms in total. The van der Waals surface area contributed by atoms with E-state index in [2.05, 4.69) is 5.32 Å². The Hall–Kier alpha value is -2.58. The van der Waals surface area contributed by atoms with E-state index in [-0.39, 0.29) is 17.3 Å². The third-order valence-corrected chi connectivity index (χ3v) is 6.93. The van der Waals surface area contributed by atoms with Crippen molar-refractivity contribution in [3.8, 4) is 11.5 Å². The topological polar surface area (TPSA) is 84.9 Å². The molecule has 2 aliphatic heterocycles. The molecule has 8 heteroatoms. The van der Waals surface area contributed by atoms with Crippen molar-refractivity contribution in [1.29, 1.82) is 0 Å². The van der Waals surface area contributed by atoms with Gasteiger partial charge in [-0.25, -0.2) is 8.42 Å². The Kier molecular flexibility index (Phi) is 4.99. The molecular formula is C20H22N2O5S. The largest absolute Gasteiger partial charge is 0.490 e. The van der Waals surface area contributed by atoms with E-state index in [1.807, 2.05) is 24.3 Å². The average Bonchev–Trinajstić information content (AvgIpc) is 2.97. The van der Waals surface area contributed by atoms with Gasteiger partial charge in [-0.1, -0.05) is 24.3 Å². The van der Waals surface area contributed by atoms with E-state index in [0.717, 1.165) is 17.5 Å².